The molecule has 128 valence electrons. The quantitative estimate of drug-likeness (QED) is 0.930. The highest BCUT2D eigenvalue weighted by molar-refractivity contribution is 7.19. The Bertz CT molecular complexity index is 757. The van der Waals surface area contributed by atoms with Crippen LogP contribution >= 0.6 is 11.3 Å². The third-order valence-electron chi connectivity index (χ3n) is 5.19. The van der Waals surface area contributed by atoms with Crippen molar-refractivity contribution < 1.29 is 4.79 Å². The Balaban J connectivity index is 1.63. The summed E-state index contributed by atoms with van der Waals surface area (Å²) in [7, 11) is 0. The zero-order valence-electron chi connectivity index (χ0n) is 14.2. The van der Waals surface area contributed by atoms with E-state index >= 15 is 0 Å². The van der Waals surface area contributed by atoms with E-state index in [1.807, 2.05) is 11.3 Å². The van der Waals surface area contributed by atoms with Gasteiger partial charge in [-0.1, -0.05) is 0 Å². The molecule has 2 aromatic rings. The van der Waals surface area contributed by atoms with Crippen LogP contribution in [0.4, 0.5) is 5.82 Å². The molecule has 1 fully saturated rings. The van der Waals surface area contributed by atoms with Crippen LogP contribution in [0.2, 0.25) is 0 Å². The van der Waals surface area contributed by atoms with E-state index < -0.39 is 0 Å². The molecule has 0 spiro atoms. The van der Waals surface area contributed by atoms with Crippen LogP contribution in [0.1, 0.15) is 43.0 Å². The van der Waals surface area contributed by atoms with Crippen molar-refractivity contribution in [2.75, 3.05) is 24.5 Å². The molecule has 1 saturated heterocycles. The molecule has 4 rings (SSSR count). The molecule has 0 radical (unpaired) electrons. The van der Waals surface area contributed by atoms with Gasteiger partial charge >= 0.3 is 0 Å². The van der Waals surface area contributed by atoms with Crippen molar-refractivity contribution in [3.8, 4) is 0 Å². The van der Waals surface area contributed by atoms with Crippen LogP contribution in [0, 0.1) is 5.92 Å². The summed E-state index contributed by atoms with van der Waals surface area (Å²) in [5.74, 6) is 1.68. The predicted molar refractivity (Wildman–Crippen MR) is 97.7 cm³/mol. The molecule has 0 bridgehead atoms. The molecule has 24 heavy (non-hydrogen) atoms. The number of aryl methyl sites for hydroxylation is 2. The molecular weight excluding hydrogens is 320 g/mol. The van der Waals surface area contributed by atoms with E-state index in [1.54, 1.807) is 13.3 Å². The lowest BCUT2D eigenvalue weighted by Crippen LogP contribution is -2.41. The van der Waals surface area contributed by atoms with Gasteiger partial charge in [0.15, 0.2) is 0 Å². The van der Waals surface area contributed by atoms with Gasteiger partial charge < -0.3 is 10.2 Å². The summed E-state index contributed by atoms with van der Waals surface area (Å²) in [5, 5.41) is 4.28. The fourth-order valence-corrected chi connectivity index (χ4v) is 5.25. The first-order valence-corrected chi connectivity index (χ1v) is 9.78. The van der Waals surface area contributed by atoms with E-state index in [-0.39, 0.29) is 5.91 Å². The van der Waals surface area contributed by atoms with Gasteiger partial charge in [0.1, 0.15) is 17.0 Å². The van der Waals surface area contributed by atoms with Crippen LogP contribution in [0.25, 0.3) is 10.2 Å². The van der Waals surface area contributed by atoms with Crippen LogP contribution in [-0.2, 0) is 17.6 Å². The molecule has 1 N–H and O–H groups in total. The summed E-state index contributed by atoms with van der Waals surface area (Å²) < 4.78 is 0. The van der Waals surface area contributed by atoms with Gasteiger partial charge in [-0.3, -0.25) is 4.79 Å². The van der Waals surface area contributed by atoms with Gasteiger partial charge in [0.2, 0.25) is 5.91 Å². The second kappa shape index (κ2) is 6.67. The molecule has 1 aliphatic heterocycles. The molecule has 3 heterocycles. The maximum Gasteiger partial charge on any atom is 0.216 e. The van der Waals surface area contributed by atoms with Crippen LogP contribution < -0.4 is 10.2 Å². The summed E-state index contributed by atoms with van der Waals surface area (Å²) in [6.45, 7) is 4.37. The van der Waals surface area contributed by atoms with Crippen LogP contribution in [0.5, 0.6) is 0 Å². The Morgan fingerprint density at radius 1 is 1.33 bits per heavy atom. The number of aromatic nitrogens is 2. The number of carbonyl (C=O) groups excluding carboxylic acids is 1. The molecule has 5 nitrogen and oxygen atoms in total. The molecule has 1 atom stereocenters. The van der Waals surface area contributed by atoms with Crippen molar-refractivity contribution in [2.24, 2.45) is 5.92 Å². The Hall–Kier alpha value is -1.69. The number of nitrogens with one attached hydrogen (secondary N) is 1. The fourth-order valence-electron chi connectivity index (χ4n) is 4.03. The normalized spacial score (nSPS) is 20.9. The SMILES string of the molecule is CC(=O)NCC1CCCN(c2ncnc3sc4c(c23)CCCC4)C1. The van der Waals surface area contributed by atoms with Gasteiger partial charge in [0.25, 0.3) is 0 Å². The minimum atomic E-state index is 0.0588. The van der Waals surface area contributed by atoms with E-state index in [0.29, 0.717) is 5.92 Å². The molecular formula is C18H24N4OS. The minimum Gasteiger partial charge on any atom is -0.356 e. The second-order valence-corrected chi connectivity index (χ2v) is 8.06. The first-order chi connectivity index (χ1) is 11.7. The van der Waals surface area contributed by atoms with Gasteiger partial charge in [-0.25, -0.2) is 9.97 Å². The number of nitrogens with zero attached hydrogens (tertiary/aromatic N) is 3. The van der Waals surface area contributed by atoms with Gasteiger partial charge in [0, 0.05) is 31.4 Å². The second-order valence-electron chi connectivity index (χ2n) is 6.98. The van der Waals surface area contributed by atoms with Crippen molar-refractivity contribution in [3.05, 3.63) is 16.8 Å². The third kappa shape index (κ3) is 2.99. The molecule has 2 aromatic heterocycles. The number of amides is 1. The number of hydrogen-bond acceptors (Lipinski definition) is 5. The summed E-state index contributed by atoms with van der Waals surface area (Å²) in [4.78, 5) is 25.5. The van der Waals surface area contributed by atoms with Crippen LogP contribution in [0.15, 0.2) is 6.33 Å². The first-order valence-electron chi connectivity index (χ1n) is 8.97. The highest BCUT2D eigenvalue weighted by atomic mass is 32.1. The largest absolute Gasteiger partial charge is 0.356 e. The number of piperidine rings is 1. The predicted octanol–water partition coefficient (Wildman–Crippen LogP) is 2.92. The summed E-state index contributed by atoms with van der Waals surface area (Å²) in [5.41, 5.74) is 1.50. The molecule has 0 saturated carbocycles. The van der Waals surface area contributed by atoms with Crippen LogP contribution in [-0.4, -0.2) is 35.5 Å². The summed E-state index contributed by atoms with van der Waals surface area (Å²) >= 11 is 1.86. The van der Waals surface area contributed by atoms with Crippen molar-refractivity contribution >= 4 is 33.3 Å². The lowest BCUT2D eigenvalue weighted by atomic mass is 9.95. The number of anilines is 1. The minimum absolute atomic E-state index is 0.0588. The lowest BCUT2D eigenvalue weighted by molar-refractivity contribution is -0.119. The van der Waals surface area contributed by atoms with Gasteiger partial charge in [-0.2, -0.15) is 0 Å². The van der Waals surface area contributed by atoms with Crippen molar-refractivity contribution in [1.29, 1.82) is 0 Å². The van der Waals surface area contributed by atoms with Crippen LogP contribution in [0.3, 0.4) is 0 Å². The average Bonchev–Trinajstić information content (AvgIpc) is 2.99. The average molecular weight is 344 g/mol. The standard InChI is InChI=1S/C18H24N4OS/c1-12(23)19-9-13-5-4-8-22(10-13)17-16-14-6-2-3-7-15(14)24-18(16)21-11-20-17/h11,13H,2-10H2,1H3,(H,19,23). The smallest absolute Gasteiger partial charge is 0.216 e. The number of thiophene rings is 1. The number of hydrogen-bond donors (Lipinski definition) is 1. The molecule has 1 amide bonds. The highest BCUT2D eigenvalue weighted by Crippen LogP contribution is 2.39. The maximum atomic E-state index is 11.2. The van der Waals surface area contributed by atoms with E-state index in [4.69, 9.17) is 0 Å². The van der Waals surface area contributed by atoms with E-state index in [2.05, 4.69) is 20.2 Å². The van der Waals surface area contributed by atoms with E-state index in [1.165, 1.54) is 47.9 Å². The molecule has 6 heteroatoms. The van der Waals surface area contributed by atoms with E-state index in [9.17, 15) is 4.79 Å². The van der Waals surface area contributed by atoms with Gasteiger partial charge in [0.05, 0.1) is 5.39 Å². The molecule has 1 aliphatic carbocycles. The fraction of sp³-hybridized carbons (Fsp3) is 0.611. The van der Waals surface area contributed by atoms with Crippen molar-refractivity contribution in [1.82, 2.24) is 15.3 Å². The Morgan fingerprint density at radius 3 is 3.08 bits per heavy atom. The maximum absolute atomic E-state index is 11.2. The highest BCUT2D eigenvalue weighted by Gasteiger charge is 2.26. The lowest BCUT2D eigenvalue weighted by Gasteiger charge is -2.34. The zero-order chi connectivity index (χ0) is 16.5. The molecule has 0 aromatic carbocycles. The van der Waals surface area contributed by atoms with Crippen molar-refractivity contribution in [3.63, 3.8) is 0 Å². The van der Waals surface area contributed by atoms with Gasteiger partial charge in [-0.15, -0.1) is 11.3 Å². The Labute approximate surface area is 146 Å². The first kappa shape index (κ1) is 15.8. The van der Waals surface area contributed by atoms with Gasteiger partial charge in [-0.05, 0) is 50.0 Å². The summed E-state index contributed by atoms with van der Waals surface area (Å²) in [6.07, 6.45) is 8.98. The third-order valence-corrected chi connectivity index (χ3v) is 6.39. The Morgan fingerprint density at radius 2 is 2.21 bits per heavy atom. The molecule has 1 unspecified atom stereocenters. The topological polar surface area (TPSA) is 58.1 Å². The monoisotopic (exact) mass is 344 g/mol. The van der Waals surface area contributed by atoms with E-state index in [0.717, 1.165) is 36.7 Å². The number of fused-ring (bicyclic) bond motifs is 3. The number of rotatable bonds is 3. The number of carbonyl (C=O) groups is 1. The Kier molecular flexibility index (Phi) is 4.39. The zero-order valence-corrected chi connectivity index (χ0v) is 15.0. The van der Waals surface area contributed by atoms with Crippen molar-refractivity contribution in [2.45, 2.75) is 45.4 Å². The molecule has 2 aliphatic rings. The summed E-state index contributed by atoms with van der Waals surface area (Å²) in [6, 6.07) is 0.